The maximum Gasteiger partial charge on any atom is 0.201 e. The molecule has 2 aliphatic carbocycles. The Morgan fingerprint density at radius 1 is 0.711 bits per heavy atom. The van der Waals surface area contributed by atoms with Crippen LogP contribution in [0.5, 0.6) is 5.75 Å². The monoisotopic (exact) mass is 616 g/mol. The molecule has 5 rings (SSSR count). The normalized spacial score (nSPS) is 22.2. The number of benzene rings is 3. The van der Waals surface area contributed by atoms with Crippen molar-refractivity contribution in [2.24, 2.45) is 17.8 Å². The number of allylic oxidation sites excluding steroid dienone is 2. The van der Waals surface area contributed by atoms with Gasteiger partial charge in [-0.25, -0.2) is 8.78 Å². The Morgan fingerprint density at radius 3 is 2.00 bits per heavy atom. The van der Waals surface area contributed by atoms with Gasteiger partial charge < -0.3 is 4.74 Å². The molecule has 0 amide bonds. The summed E-state index contributed by atoms with van der Waals surface area (Å²) in [4.78, 5) is 0. The smallest absolute Gasteiger partial charge is 0.201 e. The molecule has 0 N–H and O–H groups in total. The van der Waals surface area contributed by atoms with Crippen molar-refractivity contribution in [1.29, 1.82) is 0 Å². The van der Waals surface area contributed by atoms with Crippen LogP contribution >= 0.6 is 0 Å². The molecule has 0 atom stereocenters. The number of rotatable bonds is 13. The number of hydrogen-bond acceptors (Lipinski definition) is 1. The quantitative estimate of drug-likeness (QED) is 0.137. The number of ether oxygens (including phenoxy) is 1. The molecule has 2 fully saturated rings. The fourth-order valence-corrected chi connectivity index (χ4v) is 7.80. The van der Waals surface area contributed by atoms with Gasteiger partial charge in [0, 0.05) is 11.1 Å². The Bertz CT molecular complexity index is 1380. The van der Waals surface area contributed by atoms with Crippen molar-refractivity contribution < 1.29 is 17.9 Å². The van der Waals surface area contributed by atoms with Crippen LogP contribution in [0.25, 0.3) is 22.3 Å². The van der Waals surface area contributed by atoms with Gasteiger partial charge >= 0.3 is 0 Å². The molecule has 2 saturated carbocycles. The molecule has 45 heavy (non-hydrogen) atoms. The first kappa shape index (κ1) is 33.4. The maximum atomic E-state index is 15.4. The summed E-state index contributed by atoms with van der Waals surface area (Å²) in [7, 11) is 0. The number of hydrogen-bond donors (Lipinski definition) is 0. The molecule has 0 radical (unpaired) electrons. The summed E-state index contributed by atoms with van der Waals surface area (Å²) in [6.45, 7) is 4.60. The van der Waals surface area contributed by atoms with Crippen molar-refractivity contribution >= 4 is 0 Å². The molecular weight excluding hydrogens is 565 g/mol. The van der Waals surface area contributed by atoms with Gasteiger partial charge in [0.05, 0.1) is 6.61 Å². The third kappa shape index (κ3) is 8.63. The highest BCUT2D eigenvalue weighted by molar-refractivity contribution is 5.71. The molecule has 0 heterocycles. The molecule has 242 valence electrons. The fourth-order valence-electron chi connectivity index (χ4n) is 7.80. The van der Waals surface area contributed by atoms with E-state index in [2.05, 4.69) is 32.1 Å². The van der Waals surface area contributed by atoms with E-state index in [1.807, 2.05) is 6.07 Å². The van der Waals surface area contributed by atoms with E-state index in [1.54, 1.807) is 36.4 Å². The average molecular weight is 617 g/mol. The lowest BCUT2D eigenvalue weighted by molar-refractivity contribution is 0.157. The summed E-state index contributed by atoms with van der Waals surface area (Å²) in [6.07, 6.45) is 21.4. The predicted molar refractivity (Wildman–Crippen MR) is 181 cm³/mol. The van der Waals surface area contributed by atoms with Gasteiger partial charge in [-0.15, -0.1) is 0 Å². The Hall–Kier alpha value is -3.01. The Balaban J connectivity index is 1.15. The van der Waals surface area contributed by atoms with Gasteiger partial charge in [0.2, 0.25) is 5.82 Å². The lowest BCUT2D eigenvalue weighted by atomic mass is 9.68. The molecule has 0 aliphatic heterocycles. The first-order chi connectivity index (χ1) is 22.0. The minimum atomic E-state index is -0.967. The first-order valence-corrected chi connectivity index (χ1v) is 17.6. The van der Waals surface area contributed by atoms with E-state index >= 15 is 4.39 Å². The van der Waals surface area contributed by atoms with Crippen molar-refractivity contribution in [3.05, 3.63) is 89.8 Å². The van der Waals surface area contributed by atoms with Gasteiger partial charge in [-0.2, -0.15) is 4.39 Å². The summed E-state index contributed by atoms with van der Waals surface area (Å²) in [5.74, 6) is 0.866. The van der Waals surface area contributed by atoms with Crippen LogP contribution < -0.4 is 4.74 Å². The zero-order valence-corrected chi connectivity index (χ0v) is 27.3. The van der Waals surface area contributed by atoms with E-state index in [-0.39, 0.29) is 17.1 Å². The molecular formula is C41H51F3O. The average Bonchev–Trinajstić information content (AvgIpc) is 3.07. The van der Waals surface area contributed by atoms with Crippen molar-refractivity contribution in [2.75, 3.05) is 6.61 Å². The second kappa shape index (κ2) is 16.5. The van der Waals surface area contributed by atoms with Crippen LogP contribution in [-0.2, 0) is 0 Å². The highest BCUT2D eigenvalue weighted by Gasteiger charge is 2.31. The van der Waals surface area contributed by atoms with Gasteiger partial charge in [0.25, 0.3) is 0 Å². The summed E-state index contributed by atoms with van der Waals surface area (Å²) in [6, 6.07) is 15.7. The van der Waals surface area contributed by atoms with Crippen LogP contribution in [0.15, 0.2) is 66.7 Å². The molecule has 0 aromatic heterocycles. The molecule has 3 aromatic carbocycles. The molecule has 0 saturated heterocycles. The van der Waals surface area contributed by atoms with Crippen molar-refractivity contribution in [3.8, 4) is 28.0 Å². The van der Waals surface area contributed by atoms with E-state index < -0.39 is 11.6 Å². The molecule has 0 bridgehead atoms. The summed E-state index contributed by atoms with van der Waals surface area (Å²) in [5.41, 5.74) is 3.07. The second-order valence-electron chi connectivity index (χ2n) is 13.5. The Labute approximate surface area is 269 Å². The van der Waals surface area contributed by atoms with E-state index in [0.29, 0.717) is 23.7 Å². The Kier molecular flexibility index (Phi) is 12.2. The van der Waals surface area contributed by atoms with E-state index in [0.717, 1.165) is 67.4 Å². The zero-order chi connectivity index (χ0) is 31.6. The zero-order valence-electron chi connectivity index (χ0n) is 27.3. The van der Waals surface area contributed by atoms with Gasteiger partial charge in [0.1, 0.15) is 5.82 Å². The van der Waals surface area contributed by atoms with Crippen LogP contribution in [-0.4, -0.2) is 6.61 Å². The SMILES string of the molecule is C/C=C/CCC1CCC(C2CCC(c3ccc(-c4ccc(-c5ccc(OCCCCCC)c(F)c5F)cc4)c(F)c3)CC2)CC1. The van der Waals surface area contributed by atoms with Crippen molar-refractivity contribution in [3.63, 3.8) is 0 Å². The standard InChI is InChI=1S/C41H51F3O/c1-3-5-7-9-27-45-39-26-25-37(40(43)41(39)44)34-21-19-33(20-22-34)36-24-23-35(28-38(36)42)32-17-15-31(16-18-32)30-13-11-29(12-14-30)10-8-6-4-2/h4,6,19-26,28-32H,3,5,7-18,27H2,1-2H3/b6-4+. The summed E-state index contributed by atoms with van der Waals surface area (Å²) in [5, 5.41) is 0. The third-order valence-electron chi connectivity index (χ3n) is 10.6. The fraction of sp³-hybridized carbons (Fsp3) is 0.512. The summed E-state index contributed by atoms with van der Waals surface area (Å²) >= 11 is 0. The summed E-state index contributed by atoms with van der Waals surface area (Å²) < 4.78 is 50.6. The van der Waals surface area contributed by atoms with Gasteiger partial charge in [0.15, 0.2) is 11.6 Å². The van der Waals surface area contributed by atoms with Crippen molar-refractivity contribution in [2.45, 2.75) is 110 Å². The van der Waals surface area contributed by atoms with E-state index in [1.165, 1.54) is 57.4 Å². The maximum absolute atomic E-state index is 15.4. The van der Waals surface area contributed by atoms with Gasteiger partial charge in [-0.3, -0.25) is 0 Å². The molecule has 0 unspecified atom stereocenters. The number of unbranched alkanes of at least 4 members (excludes halogenated alkanes) is 3. The molecule has 3 aromatic rings. The van der Waals surface area contributed by atoms with Crippen LogP contribution in [0.3, 0.4) is 0 Å². The third-order valence-corrected chi connectivity index (χ3v) is 10.6. The van der Waals surface area contributed by atoms with E-state index in [4.69, 9.17) is 4.74 Å². The molecule has 4 heteroatoms. The number of halogens is 3. The van der Waals surface area contributed by atoms with Crippen LogP contribution in [0, 0.1) is 35.2 Å². The van der Waals surface area contributed by atoms with Crippen LogP contribution in [0.2, 0.25) is 0 Å². The highest BCUT2D eigenvalue weighted by Crippen LogP contribution is 2.45. The first-order valence-electron chi connectivity index (χ1n) is 17.6. The second-order valence-corrected chi connectivity index (χ2v) is 13.5. The topological polar surface area (TPSA) is 9.23 Å². The van der Waals surface area contributed by atoms with Gasteiger partial charge in [-0.1, -0.05) is 87.6 Å². The minimum absolute atomic E-state index is 0.0571. The van der Waals surface area contributed by atoms with Crippen molar-refractivity contribution in [1.82, 2.24) is 0 Å². The predicted octanol–water partition coefficient (Wildman–Crippen LogP) is 12.8. The van der Waals surface area contributed by atoms with Gasteiger partial charge in [-0.05, 0) is 123 Å². The molecule has 1 nitrogen and oxygen atoms in total. The van der Waals surface area contributed by atoms with Crippen LogP contribution in [0.4, 0.5) is 13.2 Å². The highest BCUT2D eigenvalue weighted by atomic mass is 19.2. The lowest BCUT2D eigenvalue weighted by Gasteiger charge is -2.38. The van der Waals surface area contributed by atoms with E-state index in [9.17, 15) is 8.78 Å². The molecule has 0 spiro atoms. The minimum Gasteiger partial charge on any atom is -0.490 e. The lowest BCUT2D eigenvalue weighted by Crippen LogP contribution is -2.25. The largest absolute Gasteiger partial charge is 0.490 e. The Morgan fingerprint density at radius 2 is 1.36 bits per heavy atom. The van der Waals surface area contributed by atoms with Crippen LogP contribution in [0.1, 0.15) is 115 Å². The molecule has 2 aliphatic rings.